The number of imidazole rings is 1. The molecule has 0 aliphatic rings. The first-order chi connectivity index (χ1) is 15.6. The van der Waals surface area contributed by atoms with E-state index in [1.54, 1.807) is 0 Å². The van der Waals surface area contributed by atoms with Crippen molar-refractivity contribution in [2.45, 2.75) is 169 Å². The molecule has 1 rings (SSSR count). The molecule has 32 heavy (non-hydrogen) atoms. The Bertz CT molecular complexity index is 519. The predicted molar refractivity (Wildman–Crippen MR) is 144 cm³/mol. The van der Waals surface area contributed by atoms with E-state index >= 15 is 0 Å². The molecule has 0 aromatic carbocycles. The molecule has 0 aliphatic heterocycles. The Morgan fingerprint density at radius 2 is 1.06 bits per heavy atom. The van der Waals surface area contributed by atoms with Crippen molar-refractivity contribution in [2.24, 2.45) is 5.92 Å². The van der Waals surface area contributed by atoms with Gasteiger partial charge in [0.1, 0.15) is 5.82 Å². The Hall–Kier alpha value is -0.790. The minimum Gasteiger partial charge on any atom is -0.332 e. The lowest BCUT2D eigenvalue weighted by molar-refractivity contribution is 0.382. The largest absolute Gasteiger partial charge is 0.332 e. The number of unbranched alkanes of at least 4 members (excludes halogenated alkanes) is 15. The van der Waals surface area contributed by atoms with Gasteiger partial charge >= 0.3 is 0 Å². The number of hydrogen-bond donors (Lipinski definition) is 0. The van der Waals surface area contributed by atoms with Gasteiger partial charge in [-0.2, -0.15) is 0 Å². The Morgan fingerprint density at radius 1 is 0.625 bits per heavy atom. The minimum atomic E-state index is 0.581. The lowest BCUT2D eigenvalue weighted by atomic mass is 9.89. The van der Waals surface area contributed by atoms with E-state index in [0.29, 0.717) is 17.9 Å². The highest BCUT2D eigenvalue weighted by molar-refractivity contribution is 5.03. The van der Waals surface area contributed by atoms with E-state index in [9.17, 15) is 0 Å². The summed E-state index contributed by atoms with van der Waals surface area (Å²) in [5.74, 6) is 2.63. The molecule has 0 amide bonds. The second kappa shape index (κ2) is 19.7. The van der Waals surface area contributed by atoms with Gasteiger partial charge in [0.05, 0.1) is 0 Å². The normalized spacial score (nSPS) is 13.7. The SMILES string of the molecule is CCCCCCCCCCCCCCC(c1nccn1C(C)CCCCCCC)C(C)C. The average Bonchev–Trinajstić information content (AvgIpc) is 3.26. The summed E-state index contributed by atoms with van der Waals surface area (Å²) in [5, 5.41) is 0. The zero-order valence-corrected chi connectivity index (χ0v) is 22.7. The third-order valence-electron chi connectivity index (χ3n) is 7.40. The van der Waals surface area contributed by atoms with Crippen LogP contribution in [0.1, 0.15) is 174 Å². The van der Waals surface area contributed by atoms with Crippen LogP contribution in [0, 0.1) is 5.92 Å². The molecule has 0 spiro atoms. The third-order valence-corrected chi connectivity index (χ3v) is 7.40. The van der Waals surface area contributed by atoms with Gasteiger partial charge in [-0.05, 0) is 25.7 Å². The van der Waals surface area contributed by atoms with Crippen molar-refractivity contribution in [1.29, 1.82) is 0 Å². The number of aromatic nitrogens is 2. The van der Waals surface area contributed by atoms with Crippen molar-refractivity contribution < 1.29 is 0 Å². The van der Waals surface area contributed by atoms with Crippen LogP contribution < -0.4 is 0 Å². The molecule has 1 heterocycles. The summed E-state index contributed by atoms with van der Waals surface area (Å²) in [6.07, 6.45) is 30.8. The minimum absolute atomic E-state index is 0.581. The Balaban J connectivity index is 2.26. The second-order valence-corrected chi connectivity index (χ2v) is 10.8. The van der Waals surface area contributed by atoms with Crippen molar-refractivity contribution in [3.63, 3.8) is 0 Å². The molecule has 2 nitrogen and oxygen atoms in total. The van der Waals surface area contributed by atoms with E-state index < -0.39 is 0 Å². The quantitative estimate of drug-likeness (QED) is 0.162. The van der Waals surface area contributed by atoms with Crippen molar-refractivity contribution in [3.05, 3.63) is 18.2 Å². The van der Waals surface area contributed by atoms with Gasteiger partial charge in [0.25, 0.3) is 0 Å². The number of hydrogen-bond acceptors (Lipinski definition) is 1. The highest BCUT2D eigenvalue weighted by Crippen LogP contribution is 2.31. The first kappa shape index (κ1) is 29.2. The van der Waals surface area contributed by atoms with Crippen molar-refractivity contribution in [3.8, 4) is 0 Å². The van der Waals surface area contributed by atoms with Crippen LogP contribution in [0.15, 0.2) is 12.4 Å². The maximum absolute atomic E-state index is 4.85. The maximum atomic E-state index is 4.85. The third kappa shape index (κ3) is 13.0. The molecule has 2 unspecified atom stereocenters. The molecule has 0 radical (unpaired) electrons. The summed E-state index contributed by atoms with van der Waals surface area (Å²) in [4.78, 5) is 4.85. The fraction of sp³-hybridized carbons (Fsp3) is 0.900. The van der Waals surface area contributed by atoms with E-state index in [-0.39, 0.29) is 0 Å². The molecule has 0 aliphatic carbocycles. The van der Waals surface area contributed by atoms with Gasteiger partial charge in [0, 0.05) is 24.4 Å². The van der Waals surface area contributed by atoms with Gasteiger partial charge in [0.15, 0.2) is 0 Å². The van der Waals surface area contributed by atoms with Crippen LogP contribution in [-0.4, -0.2) is 9.55 Å². The first-order valence-electron chi connectivity index (χ1n) is 14.6. The highest BCUT2D eigenvalue weighted by atomic mass is 15.1. The fourth-order valence-corrected chi connectivity index (χ4v) is 5.13. The zero-order chi connectivity index (χ0) is 23.4. The van der Waals surface area contributed by atoms with Crippen LogP contribution in [0.2, 0.25) is 0 Å². The van der Waals surface area contributed by atoms with Crippen LogP contribution >= 0.6 is 0 Å². The summed E-state index contributed by atoms with van der Waals surface area (Å²) < 4.78 is 2.50. The molecule has 2 atom stereocenters. The van der Waals surface area contributed by atoms with Crippen LogP contribution in [0.3, 0.4) is 0 Å². The number of rotatable bonds is 22. The molecule has 2 heteroatoms. The molecular formula is C30H58N2. The van der Waals surface area contributed by atoms with E-state index in [1.165, 1.54) is 128 Å². The highest BCUT2D eigenvalue weighted by Gasteiger charge is 2.22. The lowest BCUT2D eigenvalue weighted by Crippen LogP contribution is -2.16. The summed E-state index contributed by atoms with van der Waals surface area (Å²) in [6.45, 7) is 11.8. The Labute approximate surface area is 202 Å². The van der Waals surface area contributed by atoms with Crippen molar-refractivity contribution >= 4 is 0 Å². The van der Waals surface area contributed by atoms with Crippen LogP contribution in [0.4, 0.5) is 0 Å². The number of nitrogens with zero attached hydrogens (tertiary/aromatic N) is 2. The molecule has 0 saturated heterocycles. The fourth-order valence-electron chi connectivity index (χ4n) is 5.13. The lowest BCUT2D eigenvalue weighted by Gasteiger charge is -2.25. The molecule has 188 valence electrons. The summed E-state index contributed by atoms with van der Waals surface area (Å²) >= 11 is 0. The molecule has 0 saturated carbocycles. The monoisotopic (exact) mass is 446 g/mol. The van der Waals surface area contributed by atoms with Gasteiger partial charge in [-0.3, -0.25) is 0 Å². The smallest absolute Gasteiger partial charge is 0.112 e. The Kier molecular flexibility index (Phi) is 18.0. The van der Waals surface area contributed by atoms with Crippen LogP contribution in [0.5, 0.6) is 0 Å². The summed E-state index contributed by atoms with van der Waals surface area (Å²) in [6, 6.07) is 0.581. The standard InChI is InChI=1S/C30H58N2/c1-6-8-10-12-13-14-15-16-17-18-20-22-24-29(27(3)4)30-31-25-26-32(30)28(5)23-21-19-11-9-7-2/h25-29H,6-24H2,1-5H3. The van der Waals surface area contributed by atoms with Gasteiger partial charge in [-0.25, -0.2) is 4.98 Å². The molecule has 1 aromatic rings. The summed E-state index contributed by atoms with van der Waals surface area (Å²) in [5.41, 5.74) is 0. The average molecular weight is 447 g/mol. The predicted octanol–water partition coefficient (Wildman–Crippen LogP) is 10.6. The van der Waals surface area contributed by atoms with Crippen molar-refractivity contribution in [2.75, 3.05) is 0 Å². The molecular weight excluding hydrogens is 388 g/mol. The topological polar surface area (TPSA) is 17.8 Å². The first-order valence-corrected chi connectivity index (χ1v) is 14.6. The van der Waals surface area contributed by atoms with Gasteiger partial charge in [0.2, 0.25) is 0 Å². The molecule has 0 N–H and O–H groups in total. The maximum Gasteiger partial charge on any atom is 0.112 e. The van der Waals surface area contributed by atoms with E-state index in [2.05, 4.69) is 45.4 Å². The van der Waals surface area contributed by atoms with Crippen LogP contribution in [0.25, 0.3) is 0 Å². The molecule has 1 aromatic heterocycles. The van der Waals surface area contributed by atoms with E-state index in [1.807, 2.05) is 6.20 Å². The second-order valence-electron chi connectivity index (χ2n) is 10.8. The summed E-state index contributed by atoms with van der Waals surface area (Å²) in [7, 11) is 0. The molecule has 0 fully saturated rings. The van der Waals surface area contributed by atoms with Crippen LogP contribution in [-0.2, 0) is 0 Å². The van der Waals surface area contributed by atoms with E-state index in [0.717, 1.165) is 0 Å². The van der Waals surface area contributed by atoms with Gasteiger partial charge in [-0.1, -0.05) is 137 Å². The van der Waals surface area contributed by atoms with E-state index in [4.69, 9.17) is 4.98 Å². The zero-order valence-electron chi connectivity index (χ0n) is 22.7. The Morgan fingerprint density at radius 3 is 1.53 bits per heavy atom. The van der Waals surface area contributed by atoms with Gasteiger partial charge in [-0.15, -0.1) is 0 Å². The molecule has 0 bridgehead atoms. The van der Waals surface area contributed by atoms with Gasteiger partial charge < -0.3 is 4.57 Å². The van der Waals surface area contributed by atoms with Crippen molar-refractivity contribution in [1.82, 2.24) is 9.55 Å².